The van der Waals surface area contributed by atoms with Gasteiger partial charge >= 0.3 is 0 Å². The van der Waals surface area contributed by atoms with Gasteiger partial charge in [-0.1, -0.05) is 17.7 Å². The van der Waals surface area contributed by atoms with Crippen molar-refractivity contribution in [2.75, 3.05) is 16.8 Å². The Kier molecular flexibility index (Phi) is 5.02. The molecule has 1 rings (SSSR count). The Bertz CT molecular complexity index is 389. The Morgan fingerprint density at radius 3 is 3.07 bits per heavy atom. The molecule has 1 amide bonds. The zero-order valence-electron chi connectivity index (χ0n) is 7.87. The molecule has 1 aromatic carbocycles. The topological polar surface area (TPSA) is 52.9 Å². The van der Waals surface area contributed by atoms with Crippen LogP contribution in [0.3, 0.4) is 0 Å². The van der Waals surface area contributed by atoms with Gasteiger partial charge in [0.15, 0.2) is 0 Å². The Morgan fingerprint density at radius 1 is 1.60 bits per heavy atom. The minimum atomic E-state index is -0.127. The highest BCUT2D eigenvalue weighted by molar-refractivity contribution is 8.00. The SMILES string of the molecule is N#CCSCC(=O)Nc1cccc(Cl)c1. The number of nitrogens with zero attached hydrogens (tertiary/aromatic N) is 1. The fourth-order valence-electron chi connectivity index (χ4n) is 0.953. The molecule has 0 radical (unpaired) electrons. The van der Waals surface area contributed by atoms with E-state index in [-0.39, 0.29) is 11.7 Å². The number of thioether (sulfide) groups is 1. The van der Waals surface area contributed by atoms with E-state index in [1.165, 1.54) is 11.8 Å². The van der Waals surface area contributed by atoms with Gasteiger partial charge in [0.2, 0.25) is 5.91 Å². The lowest BCUT2D eigenvalue weighted by atomic mass is 10.3. The van der Waals surface area contributed by atoms with Crippen LogP contribution >= 0.6 is 23.4 Å². The predicted molar refractivity (Wildman–Crippen MR) is 63.0 cm³/mol. The first-order valence-corrected chi connectivity index (χ1v) is 5.76. The molecule has 0 heterocycles. The minimum Gasteiger partial charge on any atom is -0.325 e. The summed E-state index contributed by atoms with van der Waals surface area (Å²) in [4.78, 5) is 11.3. The van der Waals surface area contributed by atoms with E-state index in [9.17, 15) is 4.79 Å². The summed E-state index contributed by atoms with van der Waals surface area (Å²) < 4.78 is 0. The van der Waals surface area contributed by atoms with Crippen LogP contribution in [0.2, 0.25) is 5.02 Å². The number of rotatable bonds is 4. The fraction of sp³-hybridized carbons (Fsp3) is 0.200. The van der Waals surface area contributed by atoms with Gasteiger partial charge in [-0.3, -0.25) is 4.79 Å². The van der Waals surface area contributed by atoms with Gasteiger partial charge < -0.3 is 5.32 Å². The van der Waals surface area contributed by atoms with E-state index < -0.39 is 0 Å². The summed E-state index contributed by atoms with van der Waals surface area (Å²) in [7, 11) is 0. The van der Waals surface area contributed by atoms with Gasteiger partial charge in [0.05, 0.1) is 17.6 Å². The van der Waals surface area contributed by atoms with E-state index in [1.807, 2.05) is 6.07 Å². The molecule has 0 atom stereocenters. The van der Waals surface area contributed by atoms with Gasteiger partial charge in [0.25, 0.3) is 0 Å². The molecule has 5 heteroatoms. The van der Waals surface area contributed by atoms with Crippen LogP contribution in [0.25, 0.3) is 0 Å². The molecule has 1 N–H and O–H groups in total. The highest BCUT2D eigenvalue weighted by atomic mass is 35.5. The second kappa shape index (κ2) is 6.33. The molecule has 0 aliphatic carbocycles. The number of anilines is 1. The Labute approximate surface area is 97.4 Å². The molecule has 3 nitrogen and oxygen atoms in total. The molecule has 1 aromatic rings. The van der Waals surface area contributed by atoms with Crippen LogP contribution < -0.4 is 5.32 Å². The molecule has 0 saturated carbocycles. The number of nitrogens with one attached hydrogen (secondary N) is 1. The van der Waals surface area contributed by atoms with Crippen molar-refractivity contribution in [1.29, 1.82) is 5.26 Å². The number of carbonyl (C=O) groups is 1. The van der Waals surface area contributed by atoms with Crippen LogP contribution in [0.4, 0.5) is 5.69 Å². The first kappa shape index (κ1) is 11.9. The average molecular weight is 241 g/mol. The summed E-state index contributed by atoms with van der Waals surface area (Å²) in [5, 5.41) is 11.6. The average Bonchev–Trinajstić information content (AvgIpc) is 2.18. The van der Waals surface area contributed by atoms with Crippen molar-refractivity contribution in [2.24, 2.45) is 0 Å². The lowest BCUT2D eigenvalue weighted by Gasteiger charge is -2.03. The standard InChI is InChI=1S/C10H9ClN2OS/c11-8-2-1-3-9(6-8)13-10(14)7-15-5-4-12/h1-3,6H,5,7H2,(H,13,14). The quantitative estimate of drug-likeness (QED) is 0.823. The van der Waals surface area contributed by atoms with Crippen molar-refractivity contribution in [2.45, 2.75) is 0 Å². The maximum Gasteiger partial charge on any atom is 0.234 e. The van der Waals surface area contributed by atoms with Gasteiger partial charge in [0, 0.05) is 10.7 Å². The van der Waals surface area contributed by atoms with E-state index in [4.69, 9.17) is 16.9 Å². The first-order chi connectivity index (χ1) is 7.22. The molecule has 15 heavy (non-hydrogen) atoms. The highest BCUT2D eigenvalue weighted by Gasteiger charge is 2.02. The van der Waals surface area contributed by atoms with Crippen molar-refractivity contribution in [3.05, 3.63) is 29.3 Å². The second-order valence-electron chi connectivity index (χ2n) is 2.71. The summed E-state index contributed by atoms with van der Waals surface area (Å²) >= 11 is 7.03. The summed E-state index contributed by atoms with van der Waals surface area (Å²) in [5.41, 5.74) is 0.671. The third-order valence-corrected chi connectivity index (χ3v) is 2.54. The number of carbonyl (C=O) groups excluding carboxylic acids is 1. The number of benzene rings is 1. The van der Waals surface area contributed by atoms with Gasteiger partial charge in [-0.05, 0) is 18.2 Å². The van der Waals surface area contributed by atoms with Crippen molar-refractivity contribution >= 4 is 35.0 Å². The number of amides is 1. The largest absolute Gasteiger partial charge is 0.325 e. The number of nitriles is 1. The summed E-state index contributed by atoms with van der Waals surface area (Å²) in [6, 6.07) is 8.90. The van der Waals surface area contributed by atoms with E-state index in [0.29, 0.717) is 16.5 Å². The molecule has 0 fully saturated rings. The molecule has 0 aliphatic heterocycles. The van der Waals surface area contributed by atoms with Crippen LogP contribution in [-0.2, 0) is 4.79 Å². The molecule has 0 unspecified atom stereocenters. The molecule has 0 spiro atoms. The maximum atomic E-state index is 11.3. The smallest absolute Gasteiger partial charge is 0.234 e. The fourth-order valence-corrected chi connectivity index (χ4v) is 1.59. The van der Waals surface area contributed by atoms with E-state index >= 15 is 0 Å². The number of halogens is 1. The summed E-state index contributed by atoms with van der Waals surface area (Å²) in [6.45, 7) is 0. The maximum absolute atomic E-state index is 11.3. The molecule has 0 aromatic heterocycles. The minimum absolute atomic E-state index is 0.127. The van der Waals surface area contributed by atoms with Gasteiger partial charge in [0.1, 0.15) is 0 Å². The second-order valence-corrected chi connectivity index (χ2v) is 4.13. The predicted octanol–water partition coefficient (Wildman–Crippen LogP) is 2.54. The Hall–Kier alpha value is -1.18. The molecule has 0 aliphatic rings. The molecule has 0 saturated heterocycles. The molecule has 0 bridgehead atoms. The summed E-state index contributed by atoms with van der Waals surface area (Å²) in [5.74, 6) is 0.473. The lowest BCUT2D eigenvalue weighted by Crippen LogP contribution is -2.14. The monoisotopic (exact) mass is 240 g/mol. The van der Waals surface area contributed by atoms with Crippen LogP contribution in [0.1, 0.15) is 0 Å². The first-order valence-electron chi connectivity index (χ1n) is 4.22. The van der Waals surface area contributed by atoms with Crippen LogP contribution in [0.5, 0.6) is 0 Å². The van der Waals surface area contributed by atoms with Crippen LogP contribution in [-0.4, -0.2) is 17.4 Å². The van der Waals surface area contributed by atoms with Crippen molar-refractivity contribution < 1.29 is 4.79 Å². The normalized spacial score (nSPS) is 9.33. The number of hydrogen-bond acceptors (Lipinski definition) is 3. The van der Waals surface area contributed by atoms with Gasteiger partial charge in [-0.2, -0.15) is 5.26 Å². The van der Waals surface area contributed by atoms with E-state index in [2.05, 4.69) is 5.32 Å². The van der Waals surface area contributed by atoms with E-state index in [0.717, 1.165) is 0 Å². The molecule has 78 valence electrons. The van der Waals surface area contributed by atoms with Crippen molar-refractivity contribution in [3.8, 4) is 6.07 Å². The van der Waals surface area contributed by atoms with Crippen LogP contribution in [0.15, 0.2) is 24.3 Å². The number of hydrogen-bond donors (Lipinski definition) is 1. The van der Waals surface area contributed by atoms with Gasteiger partial charge in [-0.25, -0.2) is 0 Å². The van der Waals surface area contributed by atoms with Crippen LogP contribution in [0, 0.1) is 11.3 Å². The third-order valence-electron chi connectivity index (χ3n) is 1.51. The van der Waals surface area contributed by atoms with E-state index in [1.54, 1.807) is 24.3 Å². The zero-order valence-corrected chi connectivity index (χ0v) is 9.44. The third kappa shape index (κ3) is 4.73. The van der Waals surface area contributed by atoms with Gasteiger partial charge in [-0.15, -0.1) is 11.8 Å². The zero-order chi connectivity index (χ0) is 11.1. The Morgan fingerprint density at radius 2 is 2.40 bits per heavy atom. The lowest BCUT2D eigenvalue weighted by molar-refractivity contribution is -0.113. The molecular formula is C10H9ClN2OS. The van der Waals surface area contributed by atoms with Crippen molar-refractivity contribution in [3.63, 3.8) is 0 Å². The summed E-state index contributed by atoms with van der Waals surface area (Å²) in [6.07, 6.45) is 0. The highest BCUT2D eigenvalue weighted by Crippen LogP contribution is 2.15. The molecular weight excluding hydrogens is 232 g/mol. The van der Waals surface area contributed by atoms with Crippen molar-refractivity contribution in [1.82, 2.24) is 0 Å². The Balaban J connectivity index is 2.42.